The average molecular weight is 223 g/mol. The third-order valence-electron chi connectivity index (χ3n) is 2.61. The Kier molecular flexibility index (Phi) is 5.82. The van der Waals surface area contributed by atoms with Gasteiger partial charge in [0.05, 0.1) is 11.9 Å². The average Bonchev–Trinajstić information content (AvgIpc) is 2.32. The summed E-state index contributed by atoms with van der Waals surface area (Å²) in [5, 5.41) is 12.4. The molecule has 0 radical (unpaired) electrons. The number of rotatable bonds is 7. The van der Waals surface area contributed by atoms with Crippen LogP contribution in [-0.2, 0) is 6.54 Å². The molecule has 4 nitrogen and oxygen atoms in total. The second-order valence-corrected chi connectivity index (χ2v) is 3.71. The van der Waals surface area contributed by atoms with Crippen molar-refractivity contribution in [2.45, 2.75) is 20.4 Å². The zero-order valence-corrected chi connectivity index (χ0v) is 10.1. The smallest absolute Gasteiger partial charge is 0.133 e. The minimum atomic E-state index is 0.215. The molecule has 0 aliphatic heterocycles. The highest BCUT2D eigenvalue weighted by molar-refractivity contribution is 5.17. The van der Waals surface area contributed by atoms with Crippen LogP contribution in [0, 0.1) is 0 Å². The van der Waals surface area contributed by atoms with Crippen molar-refractivity contribution in [1.29, 1.82) is 0 Å². The zero-order chi connectivity index (χ0) is 11.8. The van der Waals surface area contributed by atoms with Crippen molar-refractivity contribution in [3.05, 3.63) is 24.0 Å². The Bertz CT molecular complexity index is 283. The Labute approximate surface area is 97.3 Å². The Hall–Kier alpha value is -1.13. The van der Waals surface area contributed by atoms with Crippen LogP contribution >= 0.6 is 0 Å². The fourth-order valence-electron chi connectivity index (χ4n) is 1.51. The van der Waals surface area contributed by atoms with Crippen molar-refractivity contribution >= 4 is 0 Å². The van der Waals surface area contributed by atoms with Crippen LogP contribution in [0.3, 0.4) is 0 Å². The summed E-state index contributed by atoms with van der Waals surface area (Å²) < 4.78 is 0. The zero-order valence-electron chi connectivity index (χ0n) is 10.1. The van der Waals surface area contributed by atoms with Crippen LogP contribution in [0.5, 0.6) is 5.75 Å². The summed E-state index contributed by atoms with van der Waals surface area (Å²) in [6, 6.07) is 3.49. The van der Waals surface area contributed by atoms with Crippen LogP contribution < -0.4 is 5.32 Å². The van der Waals surface area contributed by atoms with Gasteiger partial charge in [-0.05, 0) is 25.2 Å². The SMILES string of the molecule is CCN(CC)CCNCc1ccc(O)cn1. The monoisotopic (exact) mass is 223 g/mol. The molecule has 0 aliphatic rings. The van der Waals surface area contributed by atoms with Gasteiger partial charge in [-0.3, -0.25) is 4.98 Å². The molecule has 0 amide bonds. The van der Waals surface area contributed by atoms with E-state index in [4.69, 9.17) is 5.11 Å². The minimum Gasteiger partial charge on any atom is -0.506 e. The molecule has 1 aromatic rings. The van der Waals surface area contributed by atoms with Crippen molar-refractivity contribution in [3.63, 3.8) is 0 Å². The molecular formula is C12H21N3O. The molecule has 0 aromatic carbocycles. The molecule has 4 heteroatoms. The van der Waals surface area contributed by atoms with E-state index < -0.39 is 0 Å². The first kappa shape index (κ1) is 12.9. The fourth-order valence-corrected chi connectivity index (χ4v) is 1.51. The number of nitrogens with one attached hydrogen (secondary N) is 1. The summed E-state index contributed by atoms with van der Waals surface area (Å²) in [6.07, 6.45) is 1.47. The standard InChI is InChI=1S/C12H21N3O/c1-3-15(4-2)8-7-13-9-11-5-6-12(16)10-14-11/h5-6,10,13,16H,3-4,7-9H2,1-2H3. The molecule has 0 atom stereocenters. The van der Waals surface area contributed by atoms with E-state index in [9.17, 15) is 0 Å². The van der Waals surface area contributed by atoms with Gasteiger partial charge < -0.3 is 15.3 Å². The lowest BCUT2D eigenvalue weighted by Gasteiger charge is -2.17. The first-order valence-corrected chi connectivity index (χ1v) is 5.83. The third-order valence-corrected chi connectivity index (χ3v) is 2.61. The summed E-state index contributed by atoms with van der Waals surface area (Å²) >= 11 is 0. The first-order valence-electron chi connectivity index (χ1n) is 5.83. The number of aromatic hydroxyl groups is 1. The molecule has 0 bridgehead atoms. The second-order valence-electron chi connectivity index (χ2n) is 3.71. The van der Waals surface area contributed by atoms with Crippen molar-refractivity contribution in [3.8, 4) is 5.75 Å². The third kappa shape index (κ3) is 4.59. The molecule has 0 saturated heterocycles. The van der Waals surface area contributed by atoms with Crippen LogP contribution in [0.2, 0.25) is 0 Å². The molecule has 90 valence electrons. The van der Waals surface area contributed by atoms with Crippen LogP contribution in [0.4, 0.5) is 0 Å². The molecule has 0 spiro atoms. The number of hydrogen-bond donors (Lipinski definition) is 2. The Morgan fingerprint density at radius 1 is 1.31 bits per heavy atom. The van der Waals surface area contributed by atoms with Crippen LogP contribution in [0.15, 0.2) is 18.3 Å². The van der Waals surface area contributed by atoms with Crippen molar-refractivity contribution < 1.29 is 5.11 Å². The molecule has 0 aliphatic carbocycles. The topological polar surface area (TPSA) is 48.4 Å². The van der Waals surface area contributed by atoms with Gasteiger partial charge in [0, 0.05) is 19.6 Å². The maximum Gasteiger partial charge on any atom is 0.133 e. The summed E-state index contributed by atoms with van der Waals surface area (Å²) in [6.45, 7) is 9.30. The van der Waals surface area contributed by atoms with Gasteiger partial charge in [-0.25, -0.2) is 0 Å². The highest BCUT2D eigenvalue weighted by Crippen LogP contribution is 2.05. The Balaban J connectivity index is 2.18. The van der Waals surface area contributed by atoms with Gasteiger partial charge in [0.25, 0.3) is 0 Å². The van der Waals surface area contributed by atoms with Crippen molar-refractivity contribution in [2.75, 3.05) is 26.2 Å². The number of likely N-dealkylation sites (N-methyl/N-ethyl adjacent to an activating group) is 1. The van der Waals surface area contributed by atoms with Gasteiger partial charge in [0.15, 0.2) is 0 Å². The summed E-state index contributed by atoms with van der Waals surface area (Å²) in [7, 11) is 0. The number of pyridine rings is 1. The molecule has 16 heavy (non-hydrogen) atoms. The van der Waals surface area contributed by atoms with Gasteiger partial charge >= 0.3 is 0 Å². The number of nitrogens with zero attached hydrogens (tertiary/aromatic N) is 2. The van der Waals surface area contributed by atoms with Gasteiger partial charge in [0.1, 0.15) is 5.75 Å². The molecule has 0 unspecified atom stereocenters. The van der Waals surface area contributed by atoms with E-state index in [1.807, 2.05) is 6.07 Å². The van der Waals surface area contributed by atoms with Gasteiger partial charge in [-0.1, -0.05) is 13.8 Å². The van der Waals surface area contributed by atoms with Gasteiger partial charge in [-0.15, -0.1) is 0 Å². The van der Waals surface area contributed by atoms with Crippen LogP contribution in [0.1, 0.15) is 19.5 Å². The number of hydrogen-bond acceptors (Lipinski definition) is 4. The van der Waals surface area contributed by atoms with E-state index in [1.54, 1.807) is 6.07 Å². The van der Waals surface area contributed by atoms with E-state index in [0.29, 0.717) is 0 Å². The van der Waals surface area contributed by atoms with E-state index >= 15 is 0 Å². The summed E-state index contributed by atoms with van der Waals surface area (Å²) in [4.78, 5) is 6.48. The molecule has 1 heterocycles. The fraction of sp³-hybridized carbons (Fsp3) is 0.583. The lowest BCUT2D eigenvalue weighted by atomic mass is 10.3. The van der Waals surface area contributed by atoms with Crippen LogP contribution in [0.25, 0.3) is 0 Å². The molecule has 2 N–H and O–H groups in total. The largest absolute Gasteiger partial charge is 0.506 e. The van der Waals surface area contributed by atoms with Crippen LogP contribution in [-0.4, -0.2) is 41.2 Å². The van der Waals surface area contributed by atoms with Crippen molar-refractivity contribution in [1.82, 2.24) is 15.2 Å². The molecule has 0 saturated carbocycles. The lowest BCUT2D eigenvalue weighted by molar-refractivity contribution is 0.302. The molecular weight excluding hydrogens is 202 g/mol. The van der Waals surface area contributed by atoms with E-state index in [2.05, 4.69) is 29.0 Å². The normalized spacial score (nSPS) is 10.9. The molecule has 1 rings (SSSR count). The predicted octanol–water partition coefficient (Wildman–Crippen LogP) is 1.22. The first-order chi connectivity index (χ1) is 7.76. The Morgan fingerprint density at radius 3 is 2.62 bits per heavy atom. The van der Waals surface area contributed by atoms with Gasteiger partial charge in [0.2, 0.25) is 0 Å². The summed E-state index contributed by atoms with van der Waals surface area (Å²) in [5.41, 5.74) is 0.956. The van der Waals surface area contributed by atoms with E-state index in [1.165, 1.54) is 6.20 Å². The quantitative estimate of drug-likeness (QED) is 0.682. The Morgan fingerprint density at radius 2 is 2.06 bits per heavy atom. The molecule has 1 aromatic heterocycles. The van der Waals surface area contributed by atoms with Gasteiger partial charge in [-0.2, -0.15) is 0 Å². The predicted molar refractivity (Wildman–Crippen MR) is 65.4 cm³/mol. The minimum absolute atomic E-state index is 0.215. The molecule has 0 fully saturated rings. The van der Waals surface area contributed by atoms with E-state index in [0.717, 1.165) is 38.4 Å². The summed E-state index contributed by atoms with van der Waals surface area (Å²) in [5.74, 6) is 0.215. The lowest BCUT2D eigenvalue weighted by Crippen LogP contribution is -2.31. The second kappa shape index (κ2) is 7.19. The maximum atomic E-state index is 9.08. The number of aromatic nitrogens is 1. The van der Waals surface area contributed by atoms with E-state index in [-0.39, 0.29) is 5.75 Å². The highest BCUT2D eigenvalue weighted by Gasteiger charge is 1.98. The maximum absolute atomic E-state index is 9.08. The highest BCUT2D eigenvalue weighted by atomic mass is 16.3. The van der Waals surface area contributed by atoms with Crippen molar-refractivity contribution in [2.24, 2.45) is 0 Å².